The van der Waals surface area contributed by atoms with E-state index in [-0.39, 0.29) is 11.0 Å². The van der Waals surface area contributed by atoms with E-state index in [2.05, 4.69) is 19.2 Å². The van der Waals surface area contributed by atoms with Crippen LogP contribution in [0.15, 0.2) is 18.2 Å². The number of esters is 1. The number of carbonyl (C=O) groups excluding carboxylic acids is 1. The van der Waals surface area contributed by atoms with Crippen molar-refractivity contribution in [2.45, 2.75) is 51.4 Å². The van der Waals surface area contributed by atoms with Gasteiger partial charge in [-0.15, -0.1) is 0 Å². The third-order valence-electron chi connectivity index (χ3n) is 4.84. The van der Waals surface area contributed by atoms with Crippen LogP contribution in [0.25, 0.3) is 0 Å². The van der Waals surface area contributed by atoms with Gasteiger partial charge in [-0.05, 0) is 61.3 Å². The standard InChI is InChI=1S/C18H31NO4Si/c1-18(2,24(5,6)21)10-7-11-19-13-14-12-15(22-3)8-9-16(14)17(20)23-4/h8-9,12,19,21H,7,10-11,13H2,1-6H3. The zero-order chi connectivity index (χ0) is 18.4. The summed E-state index contributed by atoms with van der Waals surface area (Å²) in [4.78, 5) is 22.2. The monoisotopic (exact) mass is 353 g/mol. The molecule has 1 aromatic rings. The molecule has 24 heavy (non-hydrogen) atoms. The maximum atomic E-state index is 11.9. The molecule has 0 heterocycles. The van der Waals surface area contributed by atoms with Crippen molar-refractivity contribution in [3.8, 4) is 5.75 Å². The highest BCUT2D eigenvalue weighted by Crippen LogP contribution is 2.39. The molecule has 136 valence electrons. The number of methoxy groups -OCH3 is 2. The minimum absolute atomic E-state index is 0.0121. The molecule has 5 nitrogen and oxygen atoms in total. The SMILES string of the molecule is COC(=O)c1ccc(OC)cc1CNCCCC(C)(C)[Si](C)(C)O. The van der Waals surface area contributed by atoms with Crippen molar-refractivity contribution >= 4 is 14.3 Å². The average molecular weight is 354 g/mol. The summed E-state index contributed by atoms with van der Waals surface area (Å²) < 4.78 is 10.1. The van der Waals surface area contributed by atoms with Gasteiger partial charge < -0.3 is 19.6 Å². The molecule has 0 unspecified atom stereocenters. The molecule has 0 saturated heterocycles. The molecule has 0 aromatic heterocycles. The molecule has 0 aliphatic heterocycles. The van der Waals surface area contributed by atoms with Crippen molar-refractivity contribution in [1.82, 2.24) is 5.32 Å². The summed E-state index contributed by atoms with van der Waals surface area (Å²) in [7, 11) is 0.830. The van der Waals surface area contributed by atoms with Crippen molar-refractivity contribution < 1.29 is 19.1 Å². The molecule has 1 rings (SSSR count). The van der Waals surface area contributed by atoms with Crippen LogP contribution in [-0.2, 0) is 11.3 Å². The molecule has 0 bridgehead atoms. The molecule has 0 aliphatic rings. The first-order chi connectivity index (χ1) is 11.1. The Bertz CT molecular complexity index is 552. The normalized spacial score (nSPS) is 12.1. The second-order valence-electron chi connectivity index (χ2n) is 7.24. The van der Waals surface area contributed by atoms with Gasteiger partial charge in [0, 0.05) is 6.54 Å². The van der Waals surface area contributed by atoms with Gasteiger partial charge in [0.1, 0.15) is 5.75 Å². The number of rotatable bonds is 9. The zero-order valence-corrected chi connectivity index (χ0v) is 16.7. The van der Waals surface area contributed by atoms with E-state index in [0.717, 1.165) is 24.9 Å². The number of hydrogen-bond donors (Lipinski definition) is 2. The first kappa shape index (κ1) is 20.7. The number of nitrogens with one attached hydrogen (secondary N) is 1. The van der Waals surface area contributed by atoms with Crippen LogP contribution in [0, 0.1) is 0 Å². The van der Waals surface area contributed by atoms with Crippen molar-refractivity contribution in [3.63, 3.8) is 0 Å². The van der Waals surface area contributed by atoms with Gasteiger partial charge in [0.05, 0.1) is 19.8 Å². The first-order valence-corrected chi connectivity index (χ1v) is 11.3. The van der Waals surface area contributed by atoms with Crippen LogP contribution in [0.5, 0.6) is 5.75 Å². The Labute approximate surface area is 146 Å². The lowest BCUT2D eigenvalue weighted by Gasteiger charge is -2.35. The Balaban J connectivity index is 2.60. The number of ether oxygens (including phenoxy) is 2. The topological polar surface area (TPSA) is 67.8 Å². The van der Waals surface area contributed by atoms with E-state index in [1.165, 1.54) is 7.11 Å². The largest absolute Gasteiger partial charge is 0.497 e. The third-order valence-corrected chi connectivity index (χ3v) is 8.41. The Morgan fingerprint density at radius 3 is 2.50 bits per heavy atom. The predicted molar refractivity (Wildman–Crippen MR) is 99.0 cm³/mol. The van der Waals surface area contributed by atoms with Crippen LogP contribution in [0.1, 0.15) is 42.6 Å². The number of hydrogen-bond acceptors (Lipinski definition) is 5. The highest BCUT2D eigenvalue weighted by molar-refractivity contribution is 6.72. The lowest BCUT2D eigenvalue weighted by molar-refractivity contribution is 0.0599. The maximum Gasteiger partial charge on any atom is 0.338 e. The van der Waals surface area contributed by atoms with E-state index in [9.17, 15) is 9.59 Å². The third kappa shape index (κ3) is 5.61. The highest BCUT2D eigenvalue weighted by Gasteiger charge is 2.37. The van der Waals surface area contributed by atoms with Gasteiger partial charge in [-0.1, -0.05) is 13.8 Å². The van der Waals surface area contributed by atoms with Crippen molar-refractivity contribution in [2.75, 3.05) is 20.8 Å². The zero-order valence-electron chi connectivity index (χ0n) is 15.7. The fourth-order valence-electron chi connectivity index (χ4n) is 2.34. The molecule has 0 spiro atoms. The van der Waals surface area contributed by atoms with Gasteiger partial charge in [-0.3, -0.25) is 0 Å². The van der Waals surface area contributed by atoms with Crippen molar-refractivity contribution in [2.24, 2.45) is 0 Å². The summed E-state index contributed by atoms with van der Waals surface area (Å²) in [5.41, 5.74) is 1.41. The molecule has 0 fully saturated rings. The lowest BCUT2D eigenvalue weighted by atomic mass is 10.1. The molecule has 0 atom stereocenters. The van der Waals surface area contributed by atoms with Crippen molar-refractivity contribution in [1.29, 1.82) is 0 Å². The van der Waals surface area contributed by atoms with Gasteiger partial charge in [-0.2, -0.15) is 0 Å². The van der Waals surface area contributed by atoms with Gasteiger partial charge >= 0.3 is 5.97 Å². The quantitative estimate of drug-likeness (QED) is 0.405. The molecular formula is C18H31NO4Si. The van der Waals surface area contributed by atoms with Crippen LogP contribution < -0.4 is 10.1 Å². The molecule has 0 saturated carbocycles. The lowest BCUT2D eigenvalue weighted by Crippen LogP contribution is -2.39. The highest BCUT2D eigenvalue weighted by atomic mass is 28.4. The Morgan fingerprint density at radius 2 is 1.96 bits per heavy atom. The molecule has 6 heteroatoms. The maximum absolute atomic E-state index is 11.9. The van der Waals surface area contributed by atoms with E-state index < -0.39 is 8.32 Å². The minimum Gasteiger partial charge on any atom is -0.497 e. The van der Waals surface area contributed by atoms with Crippen molar-refractivity contribution in [3.05, 3.63) is 29.3 Å². The van der Waals surface area contributed by atoms with Crippen LogP contribution in [0.2, 0.25) is 18.1 Å². The molecule has 0 aliphatic carbocycles. The minimum atomic E-state index is -2.16. The van der Waals surface area contributed by atoms with E-state index in [1.807, 2.05) is 19.2 Å². The average Bonchev–Trinajstić information content (AvgIpc) is 2.52. The predicted octanol–water partition coefficient (Wildman–Crippen LogP) is 3.33. The molecule has 0 radical (unpaired) electrons. The summed E-state index contributed by atoms with van der Waals surface area (Å²) in [5.74, 6) is 0.372. The van der Waals surface area contributed by atoms with Crippen LogP contribution in [0.4, 0.5) is 0 Å². The summed E-state index contributed by atoms with van der Waals surface area (Å²) in [5, 5.41) is 3.35. The summed E-state index contributed by atoms with van der Waals surface area (Å²) in [6.07, 6.45) is 1.94. The van der Waals surface area contributed by atoms with Gasteiger partial charge in [-0.25, -0.2) is 4.79 Å². The van der Waals surface area contributed by atoms with Crippen LogP contribution in [0.3, 0.4) is 0 Å². The van der Waals surface area contributed by atoms with E-state index in [4.69, 9.17) is 9.47 Å². The number of carbonyl (C=O) groups is 1. The molecule has 1 aromatic carbocycles. The Hall–Kier alpha value is -1.37. The van der Waals surface area contributed by atoms with Gasteiger partial charge in [0.2, 0.25) is 0 Å². The Morgan fingerprint density at radius 1 is 1.29 bits per heavy atom. The molecular weight excluding hydrogens is 322 g/mol. The summed E-state index contributed by atoms with van der Waals surface area (Å²) in [6.45, 7) is 9.64. The number of benzene rings is 1. The molecule has 2 N–H and O–H groups in total. The fraction of sp³-hybridized carbons (Fsp3) is 0.611. The van der Waals surface area contributed by atoms with E-state index in [1.54, 1.807) is 19.2 Å². The van der Waals surface area contributed by atoms with E-state index >= 15 is 0 Å². The van der Waals surface area contributed by atoms with Gasteiger partial charge in [0.25, 0.3) is 0 Å². The second-order valence-corrected chi connectivity index (χ2v) is 11.7. The fourth-order valence-corrected chi connectivity index (χ4v) is 3.13. The summed E-state index contributed by atoms with van der Waals surface area (Å²) >= 11 is 0. The van der Waals surface area contributed by atoms with E-state index in [0.29, 0.717) is 17.9 Å². The summed E-state index contributed by atoms with van der Waals surface area (Å²) in [6, 6.07) is 5.34. The smallest absolute Gasteiger partial charge is 0.338 e. The second kappa shape index (κ2) is 8.64. The first-order valence-electron chi connectivity index (χ1n) is 8.30. The molecule has 0 amide bonds. The van der Waals surface area contributed by atoms with Crippen LogP contribution in [-0.4, -0.2) is 39.8 Å². The Kier molecular flexibility index (Phi) is 7.44. The van der Waals surface area contributed by atoms with Gasteiger partial charge in [0.15, 0.2) is 8.32 Å². The van der Waals surface area contributed by atoms with Crippen LogP contribution >= 0.6 is 0 Å².